The molecule has 0 aliphatic rings. The van der Waals surface area contributed by atoms with Crippen molar-refractivity contribution in [1.29, 1.82) is 0 Å². The number of nitrogens with two attached hydrogens (primary N) is 1. The monoisotopic (exact) mass is 303 g/mol. The SMILES string of the molecule is CCc1c(I)sc2c(N)cccc12. The molecule has 0 fully saturated rings. The molecule has 1 heterocycles. The number of benzene rings is 1. The summed E-state index contributed by atoms with van der Waals surface area (Å²) in [5.74, 6) is 0. The minimum absolute atomic E-state index is 0.903. The van der Waals surface area contributed by atoms with E-state index in [1.807, 2.05) is 12.1 Å². The van der Waals surface area contributed by atoms with E-state index in [2.05, 4.69) is 35.6 Å². The van der Waals surface area contributed by atoms with Crippen molar-refractivity contribution in [3.63, 3.8) is 0 Å². The molecule has 2 rings (SSSR count). The van der Waals surface area contributed by atoms with Crippen LogP contribution in [0.15, 0.2) is 18.2 Å². The number of nitrogen functional groups attached to an aromatic ring is 1. The quantitative estimate of drug-likeness (QED) is 0.631. The normalized spacial score (nSPS) is 10.9. The number of hydrogen-bond donors (Lipinski definition) is 1. The summed E-state index contributed by atoms with van der Waals surface area (Å²) in [5.41, 5.74) is 8.24. The van der Waals surface area contributed by atoms with Crippen molar-refractivity contribution in [1.82, 2.24) is 0 Å². The minimum atomic E-state index is 0.903. The zero-order valence-electron chi connectivity index (χ0n) is 7.30. The van der Waals surface area contributed by atoms with Gasteiger partial charge >= 0.3 is 0 Å². The third kappa shape index (κ3) is 1.44. The van der Waals surface area contributed by atoms with Crippen molar-refractivity contribution in [2.75, 3.05) is 5.73 Å². The molecular formula is C10H10INS. The van der Waals surface area contributed by atoms with Gasteiger partial charge in [-0.3, -0.25) is 0 Å². The maximum absolute atomic E-state index is 5.90. The van der Waals surface area contributed by atoms with E-state index in [0.717, 1.165) is 12.1 Å². The van der Waals surface area contributed by atoms with Gasteiger partial charge in [-0.05, 0) is 46.0 Å². The first-order valence-corrected chi connectivity index (χ1v) is 6.09. The molecule has 0 spiro atoms. The van der Waals surface area contributed by atoms with E-state index in [1.54, 1.807) is 11.3 Å². The van der Waals surface area contributed by atoms with Crippen molar-refractivity contribution in [3.05, 3.63) is 26.6 Å². The van der Waals surface area contributed by atoms with Gasteiger partial charge in [0.2, 0.25) is 0 Å². The van der Waals surface area contributed by atoms with Crippen LogP contribution in [0.1, 0.15) is 12.5 Å². The second-order valence-corrected chi connectivity index (χ2v) is 5.76. The molecule has 0 unspecified atom stereocenters. The molecule has 68 valence electrons. The van der Waals surface area contributed by atoms with Crippen molar-refractivity contribution in [3.8, 4) is 0 Å². The summed E-state index contributed by atoms with van der Waals surface area (Å²) >= 11 is 4.18. The Hall–Kier alpha value is -0.290. The highest BCUT2D eigenvalue weighted by Crippen LogP contribution is 2.35. The first kappa shape index (κ1) is 9.27. The van der Waals surface area contributed by atoms with Gasteiger partial charge in [0.05, 0.1) is 7.58 Å². The molecule has 0 saturated heterocycles. The summed E-state index contributed by atoms with van der Waals surface area (Å²) in [4.78, 5) is 0. The van der Waals surface area contributed by atoms with Crippen molar-refractivity contribution in [2.24, 2.45) is 0 Å². The van der Waals surface area contributed by atoms with Crippen LogP contribution in [0.25, 0.3) is 10.1 Å². The summed E-state index contributed by atoms with van der Waals surface area (Å²) in [6, 6.07) is 6.15. The molecule has 0 saturated carbocycles. The highest BCUT2D eigenvalue weighted by molar-refractivity contribution is 14.1. The van der Waals surface area contributed by atoms with Crippen LogP contribution < -0.4 is 5.73 Å². The van der Waals surface area contributed by atoms with Crippen molar-refractivity contribution in [2.45, 2.75) is 13.3 Å². The molecule has 0 aliphatic carbocycles. The van der Waals surface area contributed by atoms with E-state index in [4.69, 9.17) is 5.73 Å². The van der Waals surface area contributed by atoms with Crippen LogP contribution in [0.5, 0.6) is 0 Å². The van der Waals surface area contributed by atoms with Crippen LogP contribution in [-0.4, -0.2) is 0 Å². The molecule has 0 radical (unpaired) electrons. The topological polar surface area (TPSA) is 26.0 Å². The molecule has 1 aromatic carbocycles. The van der Waals surface area contributed by atoms with E-state index in [1.165, 1.54) is 18.5 Å². The Morgan fingerprint density at radius 1 is 1.46 bits per heavy atom. The lowest BCUT2D eigenvalue weighted by atomic mass is 10.1. The van der Waals surface area contributed by atoms with Crippen LogP contribution >= 0.6 is 33.9 Å². The van der Waals surface area contributed by atoms with Gasteiger partial charge in [-0.1, -0.05) is 19.1 Å². The molecule has 13 heavy (non-hydrogen) atoms. The van der Waals surface area contributed by atoms with Crippen LogP contribution in [0.3, 0.4) is 0 Å². The fourth-order valence-electron chi connectivity index (χ4n) is 1.49. The van der Waals surface area contributed by atoms with Crippen molar-refractivity contribution >= 4 is 49.7 Å². The Labute approximate surface area is 95.1 Å². The Balaban J connectivity index is 2.86. The summed E-state index contributed by atoms with van der Waals surface area (Å²) in [5, 5.41) is 1.33. The lowest BCUT2D eigenvalue weighted by Gasteiger charge is -1.96. The molecular weight excluding hydrogens is 293 g/mol. The molecule has 0 amide bonds. The summed E-state index contributed by atoms with van der Waals surface area (Å²) < 4.78 is 2.61. The molecule has 0 atom stereocenters. The smallest absolute Gasteiger partial charge is 0.0698 e. The van der Waals surface area contributed by atoms with Gasteiger partial charge in [-0.2, -0.15) is 0 Å². The Morgan fingerprint density at radius 2 is 2.23 bits per heavy atom. The van der Waals surface area contributed by atoms with Crippen LogP contribution in [0, 0.1) is 2.88 Å². The summed E-state index contributed by atoms with van der Waals surface area (Å²) in [6.07, 6.45) is 1.09. The highest BCUT2D eigenvalue weighted by Gasteiger charge is 2.09. The molecule has 3 heteroatoms. The molecule has 0 bridgehead atoms. The second kappa shape index (κ2) is 3.46. The van der Waals surface area contributed by atoms with Crippen molar-refractivity contribution < 1.29 is 0 Å². The summed E-state index contributed by atoms with van der Waals surface area (Å²) in [7, 11) is 0. The first-order chi connectivity index (χ1) is 6.24. The largest absolute Gasteiger partial charge is 0.398 e. The number of rotatable bonds is 1. The molecule has 0 aliphatic heterocycles. The average molecular weight is 303 g/mol. The third-order valence-corrected chi connectivity index (χ3v) is 4.55. The lowest BCUT2D eigenvalue weighted by molar-refractivity contribution is 1.16. The van der Waals surface area contributed by atoms with E-state index in [0.29, 0.717) is 0 Å². The number of hydrogen-bond acceptors (Lipinski definition) is 2. The maximum Gasteiger partial charge on any atom is 0.0698 e. The predicted octanol–water partition coefficient (Wildman–Crippen LogP) is 3.65. The van der Waals surface area contributed by atoms with Gasteiger partial charge in [-0.25, -0.2) is 0 Å². The third-order valence-electron chi connectivity index (χ3n) is 2.15. The predicted molar refractivity (Wildman–Crippen MR) is 68.3 cm³/mol. The van der Waals surface area contributed by atoms with Crippen LogP contribution in [-0.2, 0) is 6.42 Å². The van der Waals surface area contributed by atoms with E-state index in [9.17, 15) is 0 Å². The molecule has 2 aromatic rings. The number of thiophene rings is 1. The fraction of sp³-hybridized carbons (Fsp3) is 0.200. The molecule has 2 N–H and O–H groups in total. The number of anilines is 1. The molecule has 1 aromatic heterocycles. The first-order valence-electron chi connectivity index (χ1n) is 4.19. The standard InChI is InChI=1S/C10H10INS/c1-2-6-7-4-3-5-8(12)9(7)13-10(6)11/h3-5H,2,12H2,1H3. The Morgan fingerprint density at radius 3 is 2.92 bits per heavy atom. The van der Waals surface area contributed by atoms with Gasteiger partial charge in [0.25, 0.3) is 0 Å². The molecule has 1 nitrogen and oxygen atoms in total. The maximum atomic E-state index is 5.90. The number of fused-ring (bicyclic) bond motifs is 1. The fourth-order valence-corrected chi connectivity index (χ4v) is 3.87. The zero-order chi connectivity index (χ0) is 9.42. The number of aryl methyl sites for hydroxylation is 1. The average Bonchev–Trinajstić information content (AvgIpc) is 2.43. The van der Waals surface area contributed by atoms with Gasteiger partial charge in [0.1, 0.15) is 0 Å². The lowest BCUT2D eigenvalue weighted by Crippen LogP contribution is -1.84. The second-order valence-electron chi connectivity index (χ2n) is 2.93. The number of halogens is 1. The van der Waals surface area contributed by atoms with Gasteiger partial charge in [-0.15, -0.1) is 11.3 Å². The minimum Gasteiger partial charge on any atom is -0.398 e. The van der Waals surface area contributed by atoms with Crippen LogP contribution in [0.2, 0.25) is 0 Å². The van der Waals surface area contributed by atoms with Gasteiger partial charge < -0.3 is 5.73 Å². The van der Waals surface area contributed by atoms with E-state index in [-0.39, 0.29) is 0 Å². The van der Waals surface area contributed by atoms with Gasteiger partial charge in [0, 0.05) is 5.69 Å². The highest BCUT2D eigenvalue weighted by atomic mass is 127. The zero-order valence-corrected chi connectivity index (χ0v) is 10.3. The van der Waals surface area contributed by atoms with Gasteiger partial charge in [0.15, 0.2) is 0 Å². The Bertz CT molecular complexity index is 447. The van der Waals surface area contributed by atoms with E-state index >= 15 is 0 Å². The Kier molecular flexibility index (Phi) is 2.47. The summed E-state index contributed by atoms with van der Waals surface area (Å²) in [6.45, 7) is 2.19. The van der Waals surface area contributed by atoms with E-state index < -0.39 is 0 Å². The van der Waals surface area contributed by atoms with Crippen LogP contribution in [0.4, 0.5) is 5.69 Å².